The predicted octanol–water partition coefficient (Wildman–Crippen LogP) is 4.36. The molecular formula is C19H20N2O. The minimum Gasteiger partial charge on any atom is -0.335 e. The summed E-state index contributed by atoms with van der Waals surface area (Å²) in [7, 11) is 0. The van der Waals surface area contributed by atoms with Crippen molar-refractivity contribution < 1.29 is 4.79 Å². The molecule has 22 heavy (non-hydrogen) atoms. The Morgan fingerprint density at radius 3 is 2.68 bits per heavy atom. The highest BCUT2D eigenvalue weighted by atomic mass is 16.1. The van der Waals surface area contributed by atoms with Gasteiger partial charge in [-0.3, -0.25) is 4.79 Å². The molecule has 0 bridgehead atoms. The Labute approximate surface area is 130 Å². The topological polar surface area (TPSA) is 45.8 Å². The van der Waals surface area contributed by atoms with Crippen LogP contribution in [0.3, 0.4) is 0 Å². The average Bonchev–Trinajstić information content (AvgIpc) is 2.90. The van der Waals surface area contributed by atoms with E-state index in [0.717, 1.165) is 35.0 Å². The smallest absolute Gasteiger partial charge is 0.228 e. The highest BCUT2D eigenvalue weighted by Gasteiger charge is 2.16. The number of aromatic amines is 1. The van der Waals surface area contributed by atoms with Gasteiger partial charge in [-0.2, -0.15) is 0 Å². The van der Waals surface area contributed by atoms with Gasteiger partial charge in [-0.25, -0.2) is 4.98 Å². The number of fused-ring (bicyclic) bond motifs is 1. The number of aryl methyl sites for hydroxylation is 3. The van der Waals surface area contributed by atoms with Crippen LogP contribution in [-0.2, 0) is 6.42 Å². The molecule has 0 saturated carbocycles. The van der Waals surface area contributed by atoms with Gasteiger partial charge in [0.15, 0.2) is 5.82 Å². The second-order valence-corrected chi connectivity index (χ2v) is 5.83. The van der Waals surface area contributed by atoms with Crippen molar-refractivity contribution in [3.63, 3.8) is 0 Å². The zero-order chi connectivity index (χ0) is 15.7. The second kappa shape index (κ2) is 5.76. The van der Waals surface area contributed by atoms with Crippen LogP contribution in [0.5, 0.6) is 0 Å². The molecule has 0 aliphatic heterocycles. The largest absolute Gasteiger partial charge is 0.335 e. The van der Waals surface area contributed by atoms with E-state index in [2.05, 4.69) is 29.0 Å². The van der Waals surface area contributed by atoms with Crippen LogP contribution in [0.2, 0.25) is 0 Å². The second-order valence-electron chi connectivity index (χ2n) is 5.83. The molecular weight excluding hydrogens is 272 g/mol. The molecule has 0 saturated heterocycles. The molecule has 0 atom stereocenters. The molecule has 3 nitrogen and oxygen atoms in total. The molecule has 112 valence electrons. The summed E-state index contributed by atoms with van der Waals surface area (Å²) < 4.78 is 0. The van der Waals surface area contributed by atoms with Crippen LogP contribution in [0.25, 0.3) is 11.0 Å². The van der Waals surface area contributed by atoms with Crippen LogP contribution in [0.4, 0.5) is 0 Å². The molecule has 2 aromatic carbocycles. The van der Waals surface area contributed by atoms with Crippen LogP contribution >= 0.6 is 0 Å². The van der Waals surface area contributed by atoms with Gasteiger partial charge in [0.2, 0.25) is 5.78 Å². The fourth-order valence-electron chi connectivity index (χ4n) is 2.80. The summed E-state index contributed by atoms with van der Waals surface area (Å²) in [5.74, 6) is 0.362. The van der Waals surface area contributed by atoms with Gasteiger partial charge in [0, 0.05) is 5.56 Å². The van der Waals surface area contributed by atoms with E-state index in [-0.39, 0.29) is 5.78 Å². The van der Waals surface area contributed by atoms with Crippen molar-refractivity contribution in [3.8, 4) is 0 Å². The molecule has 1 N–H and O–H groups in total. The first kappa shape index (κ1) is 14.5. The van der Waals surface area contributed by atoms with Crippen molar-refractivity contribution in [1.29, 1.82) is 0 Å². The van der Waals surface area contributed by atoms with E-state index in [1.54, 1.807) is 0 Å². The average molecular weight is 292 g/mol. The number of nitrogens with one attached hydrogen (secondary N) is 1. The molecule has 3 heteroatoms. The molecule has 0 fully saturated rings. The van der Waals surface area contributed by atoms with Gasteiger partial charge >= 0.3 is 0 Å². The van der Waals surface area contributed by atoms with Gasteiger partial charge in [-0.15, -0.1) is 0 Å². The first-order valence-corrected chi connectivity index (χ1v) is 7.69. The van der Waals surface area contributed by atoms with Crippen molar-refractivity contribution in [2.24, 2.45) is 0 Å². The van der Waals surface area contributed by atoms with Crippen molar-refractivity contribution in [2.45, 2.75) is 33.6 Å². The van der Waals surface area contributed by atoms with E-state index >= 15 is 0 Å². The summed E-state index contributed by atoms with van der Waals surface area (Å²) in [6.45, 7) is 6.15. The summed E-state index contributed by atoms with van der Waals surface area (Å²) in [5, 5.41) is 0. The van der Waals surface area contributed by atoms with E-state index < -0.39 is 0 Å². The summed E-state index contributed by atoms with van der Waals surface area (Å²) in [4.78, 5) is 20.3. The summed E-state index contributed by atoms with van der Waals surface area (Å²) in [6, 6.07) is 12.0. The number of carbonyl (C=O) groups is 1. The first-order valence-electron chi connectivity index (χ1n) is 7.69. The third-order valence-corrected chi connectivity index (χ3v) is 3.93. The molecule has 3 rings (SSSR count). The molecule has 0 radical (unpaired) electrons. The molecule has 1 heterocycles. The Balaban J connectivity index is 2.00. The number of H-pyrrole nitrogens is 1. The molecule has 1 aromatic heterocycles. The molecule has 0 aliphatic rings. The summed E-state index contributed by atoms with van der Waals surface area (Å²) >= 11 is 0. The number of imidazole rings is 1. The van der Waals surface area contributed by atoms with Crippen molar-refractivity contribution in [2.75, 3.05) is 0 Å². The number of aromatic nitrogens is 2. The van der Waals surface area contributed by atoms with Crippen LogP contribution in [0.15, 0.2) is 36.4 Å². The zero-order valence-electron chi connectivity index (χ0n) is 13.2. The summed E-state index contributed by atoms with van der Waals surface area (Å²) in [5.41, 5.74) is 5.88. The molecule has 0 unspecified atom stereocenters. The standard InChI is InChI=1S/C19H20N2O/c1-4-5-14-7-9-16-17(11-14)21-19(20-16)18(22)15-8-6-12(2)10-13(15)3/h6-11H,4-5H2,1-3H3,(H,20,21). The first-order chi connectivity index (χ1) is 10.6. The van der Waals surface area contributed by atoms with E-state index in [9.17, 15) is 4.79 Å². The molecule has 0 amide bonds. The highest BCUT2D eigenvalue weighted by Crippen LogP contribution is 2.19. The van der Waals surface area contributed by atoms with Crippen LogP contribution in [-0.4, -0.2) is 15.8 Å². The Morgan fingerprint density at radius 2 is 1.95 bits per heavy atom. The van der Waals surface area contributed by atoms with E-state index in [1.807, 2.05) is 38.1 Å². The van der Waals surface area contributed by atoms with Crippen molar-refractivity contribution >= 4 is 16.8 Å². The molecule has 0 aliphatic carbocycles. The van der Waals surface area contributed by atoms with Crippen molar-refractivity contribution in [3.05, 3.63) is 64.5 Å². The lowest BCUT2D eigenvalue weighted by Crippen LogP contribution is -2.05. The van der Waals surface area contributed by atoms with Crippen LogP contribution in [0, 0.1) is 13.8 Å². The van der Waals surface area contributed by atoms with Gasteiger partial charge in [-0.1, -0.05) is 43.2 Å². The molecule has 0 spiro atoms. The lowest BCUT2D eigenvalue weighted by molar-refractivity contribution is 0.103. The fraction of sp³-hybridized carbons (Fsp3) is 0.263. The Kier molecular flexibility index (Phi) is 3.80. The third kappa shape index (κ3) is 2.67. The van der Waals surface area contributed by atoms with Gasteiger partial charge in [0.05, 0.1) is 11.0 Å². The van der Waals surface area contributed by atoms with Gasteiger partial charge in [0.1, 0.15) is 0 Å². The highest BCUT2D eigenvalue weighted by molar-refractivity contribution is 6.08. The van der Waals surface area contributed by atoms with Crippen LogP contribution < -0.4 is 0 Å². The van der Waals surface area contributed by atoms with Gasteiger partial charge < -0.3 is 4.98 Å². The lowest BCUT2D eigenvalue weighted by atomic mass is 10.0. The lowest BCUT2D eigenvalue weighted by Gasteiger charge is -2.03. The minimum absolute atomic E-state index is 0.0502. The third-order valence-electron chi connectivity index (χ3n) is 3.93. The predicted molar refractivity (Wildman–Crippen MR) is 89.4 cm³/mol. The van der Waals surface area contributed by atoms with E-state index in [1.165, 1.54) is 5.56 Å². The normalized spacial score (nSPS) is 11.0. The minimum atomic E-state index is -0.0502. The number of nitrogens with zero attached hydrogens (tertiary/aromatic N) is 1. The maximum absolute atomic E-state index is 12.7. The number of hydrogen-bond donors (Lipinski definition) is 1. The number of benzene rings is 2. The number of carbonyl (C=O) groups excluding carboxylic acids is 1. The zero-order valence-corrected chi connectivity index (χ0v) is 13.2. The maximum Gasteiger partial charge on any atom is 0.228 e. The Morgan fingerprint density at radius 1 is 1.14 bits per heavy atom. The summed E-state index contributed by atoms with van der Waals surface area (Å²) in [6.07, 6.45) is 2.14. The molecule has 3 aromatic rings. The van der Waals surface area contributed by atoms with Gasteiger partial charge in [-0.05, 0) is 43.5 Å². The fourth-order valence-corrected chi connectivity index (χ4v) is 2.80. The monoisotopic (exact) mass is 292 g/mol. The Bertz CT molecular complexity index is 846. The Hall–Kier alpha value is -2.42. The SMILES string of the molecule is CCCc1ccc2nc(C(=O)c3ccc(C)cc3C)[nH]c2c1. The maximum atomic E-state index is 12.7. The number of ketones is 1. The number of hydrogen-bond acceptors (Lipinski definition) is 2. The van der Waals surface area contributed by atoms with Gasteiger partial charge in [0.25, 0.3) is 0 Å². The van der Waals surface area contributed by atoms with E-state index in [4.69, 9.17) is 0 Å². The van der Waals surface area contributed by atoms with Crippen molar-refractivity contribution in [1.82, 2.24) is 9.97 Å². The quantitative estimate of drug-likeness (QED) is 0.726. The number of rotatable bonds is 4. The van der Waals surface area contributed by atoms with E-state index in [0.29, 0.717) is 11.4 Å². The van der Waals surface area contributed by atoms with Crippen LogP contribution in [0.1, 0.15) is 46.2 Å².